The van der Waals surface area contributed by atoms with Gasteiger partial charge in [0.2, 0.25) is 0 Å². The van der Waals surface area contributed by atoms with Crippen LogP contribution >= 0.6 is 11.3 Å². The summed E-state index contributed by atoms with van der Waals surface area (Å²) in [7, 11) is 0. The standard InChI is InChI=1S/C52H33NOS/c1-2-9-34(10-3-1)35-17-25-40(26-18-35)53(42-29-21-37(22-30-42)43-13-8-16-50-52(43)46-12-5-7-15-49(46)55-50)41-27-19-36(20-28-41)38-23-31-44-39(33-38)24-32-48-51(44)45-11-4-6-14-47(45)54-48/h1-33H. The van der Waals surface area contributed by atoms with Crippen LogP contribution in [0.15, 0.2) is 205 Å². The van der Waals surface area contributed by atoms with Gasteiger partial charge >= 0.3 is 0 Å². The van der Waals surface area contributed by atoms with E-state index in [9.17, 15) is 0 Å². The van der Waals surface area contributed by atoms with Gasteiger partial charge in [-0.15, -0.1) is 11.3 Å². The molecule has 0 aliphatic heterocycles. The lowest BCUT2D eigenvalue weighted by atomic mass is 9.98. The number of benzene rings is 9. The molecule has 11 rings (SSSR count). The predicted octanol–water partition coefficient (Wildman–Crippen LogP) is 15.6. The third-order valence-electron chi connectivity index (χ3n) is 10.9. The predicted molar refractivity (Wildman–Crippen MR) is 235 cm³/mol. The third kappa shape index (κ3) is 5.40. The Kier molecular flexibility index (Phi) is 7.39. The average Bonchev–Trinajstić information content (AvgIpc) is 3.84. The molecule has 0 radical (unpaired) electrons. The van der Waals surface area contributed by atoms with Gasteiger partial charge in [0, 0.05) is 48.0 Å². The Hall–Kier alpha value is -6.94. The van der Waals surface area contributed by atoms with E-state index in [0.29, 0.717) is 0 Å². The topological polar surface area (TPSA) is 16.4 Å². The van der Waals surface area contributed by atoms with Gasteiger partial charge in [0.1, 0.15) is 11.2 Å². The number of fused-ring (bicyclic) bond motifs is 8. The lowest BCUT2D eigenvalue weighted by Crippen LogP contribution is -2.09. The third-order valence-corrected chi connectivity index (χ3v) is 12.0. The fourth-order valence-corrected chi connectivity index (χ4v) is 9.35. The van der Waals surface area contributed by atoms with E-state index < -0.39 is 0 Å². The van der Waals surface area contributed by atoms with Crippen molar-refractivity contribution in [1.29, 1.82) is 0 Å². The second-order valence-corrected chi connectivity index (χ2v) is 15.2. The normalized spacial score (nSPS) is 11.6. The molecule has 3 heteroatoms. The average molecular weight is 720 g/mol. The van der Waals surface area contributed by atoms with Gasteiger partial charge in [-0.05, 0) is 111 Å². The zero-order valence-corrected chi connectivity index (χ0v) is 30.6. The molecule has 0 N–H and O–H groups in total. The van der Waals surface area contributed by atoms with Crippen LogP contribution < -0.4 is 4.90 Å². The lowest BCUT2D eigenvalue weighted by Gasteiger charge is -2.26. The van der Waals surface area contributed by atoms with E-state index in [4.69, 9.17) is 4.42 Å². The summed E-state index contributed by atoms with van der Waals surface area (Å²) < 4.78 is 8.81. The molecule has 0 saturated carbocycles. The van der Waals surface area contributed by atoms with E-state index in [0.717, 1.165) is 33.6 Å². The van der Waals surface area contributed by atoms with Gasteiger partial charge in [0.15, 0.2) is 0 Å². The smallest absolute Gasteiger partial charge is 0.136 e. The van der Waals surface area contributed by atoms with E-state index in [2.05, 4.69) is 193 Å². The van der Waals surface area contributed by atoms with Crippen molar-refractivity contribution in [2.24, 2.45) is 0 Å². The molecule has 0 aliphatic carbocycles. The molecule has 55 heavy (non-hydrogen) atoms. The number of hydrogen-bond donors (Lipinski definition) is 0. The van der Waals surface area contributed by atoms with E-state index in [-0.39, 0.29) is 0 Å². The molecule has 9 aromatic carbocycles. The molecular weight excluding hydrogens is 687 g/mol. The summed E-state index contributed by atoms with van der Waals surface area (Å²) in [5.41, 5.74) is 12.4. The molecule has 0 amide bonds. The molecule has 2 nitrogen and oxygen atoms in total. The zero-order valence-electron chi connectivity index (χ0n) is 29.8. The van der Waals surface area contributed by atoms with Crippen LogP contribution in [0.5, 0.6) is 0 Å². The molecule has 0 saturated heterocycles. The Morgan fingerprint density at radius 1 is 0.345 bits per heavy atom. The van der Waals surface area contributed by atoms with Crippen LogP contribution in [-0.4, -0.2) is 0 Å². The lowest BCUT2D eigenvalue weighted by molar-refractivity contribution is 0.669. The quantitative estimate of drug-likeness (QED) is 0.170. The first kappa shape index (κ1) is 31.6. The zero-order chi connectivity index (χ0) is 36.3. The Balaban J connectivity index is 0.979. The number of nitrogens with zero attached hydrogens (tertiary/aromatic N) is 1. The van der Waals surface area contributed by atoms with Crippen molar-refractivity contribution in [3.63, 3.8) is 0 Å². The molecule has 11 aromatic rings. The van der Waals surface area contributed by atoms with Gasteiger partial charge < -0.3 is 9.32 Å². The van der Waals surface area contributed by atoms with Crippen LogP contribution in [0.1, 0.15) is 0 Å². The summed E-state index contributed by atoms with van der Waals surface area (Å²) in [5.74, 6) is 0. The fourth-order valence-electron chi connectivity index (χ4n) is 8.22. The van der Waals surface area contributed by atoms with Crippen molar-refractivity contribution >= 4 is 81.3 Å². The minimum atomic E-state index is 0.923. The molecule has 0 spiro atoms. The van der Waals surface area contributed by atoms with Gasteiger partial charge in [-0.2, -0.15) is 0 Å². The number of furan rings is 1. The van der Waals surface area contributed by atoms with Crippen LogP contribution in [0.25, 0.3) is 86.3 Å². The maximum atomic E-state index is 6.17. The van der Waals surface area contributed by atoms with Crippen LogP contribution in [0.3, 0.4) is 0 Å². The first-order valence-electron chi connectivity index (χ1n) is 18.7. The van der Waals surface area contributed by atoms with Gasteiger partial charge in [-0.25, -0.2) is 0 Å². The SMILES string of the molecule is c1ccc(-c2ccc(N(c3ccc(-c4ccc5c(ccc6oc7ccccc7c65)c4)cc3)c3ccc(-c4cccc5sc6ccccc6c45)cc3)cc2)cc1. The first-order valence-corrected chi connectivity index (χ1v) is 19.5. The molecule has 2 heterocycles. The van der Waals surface area contributed by atoms with Crippen molar-refractivity contribution in [3.05, 3.63) is 200 Å². The van der Waals surface area contributed by atoms with Crippen molar-refractivity contribution in [2.75, 3.05) is 4.90 Å². The van der Waals surface area contributed by atoms with E-state index in [1.54, 1.807) is 0 Å². The van der Waals surface area contributed by atoms with Crippen LogP contribution in [0.4, 0.5) is 17.1 Å². The molecule has 0 bridgehead atoms. The second kappa shape index (κ2) is 12.9. The molecular formula is C52H33NOS. The molecule has 0 unspecified atom stereocenters. The van der Waals surface area contributed by atoms with Crippen molar-refractivity contribution < 1.29 is 4.42 Å². The highest BCUT2D eigenvalue weighted by molar-refractivity contribution is 7.25. The van der Waals surface area contributed by atoms with Gasteiger partial charge in [-0.3, -0.25) is 0 Å². The number of hydrogen-bond acceptors (Lipinski definition) is 3. The summed E-state index contributed by atoms with van der Waals surface area (Å²) >= 11 is 1.86. The second-order valence-electron chi connectivity index (χ2n) is 14.1. The van der Waals surface area contributed by atoms with Crippen molar-refractivity contribution in [1.82, 2.24) is 0 Å². The number of thiophene rings is 1. The van der Waals surface area contributed by atoms with E-state index >= 15 is 0 Å². The Morgan fingerprint density at radius 2 is 0.927 bits per heavy atom. The summed E-state index contributed by atoms with van der Waals surface area (Å²) in [5, 5.41) is 7.39. The van der Waals surface area contributed by atoms with Crippen LogP contribution in [0, 0.1) is 0 Å². The Bertz CT molecular complexity index is 3170. The van der Waals surface area contributed by atoms with Gasteiger partial charge in [-0.1, -0.05) is 133 Å². The van der Waals surface area contributed by atoms with Crippen LogP contribution in [-0.2, 0) is 0 Å². The monoisotopic (exact) mass is 719 g/mol. The highest BCUT2D eigenvalue weighted by Gasteiger charge is 2.16. The van der Waals surface area contributed by atoms with Crippen LogP contribution in [0.2, 0.25) is 0 Å². The summed E-state index contributed by atoms with van der Waals surface area (Å²) in [6.45, 7) is 0. The molecule has 258 valence electrons. The number of rotatable bonds is 6. The Labute approximate surface area is 322 Å². The largest absolute Gasteiger partial charge is 0.456 e. The summed E-state index contributed by atoms with van der Waals surface area (Å²) in [4.78, 5) is 2.35. The van der Waals surface area contributed by atoms with E-state index in [1.807, 2.05) is 23.5 Å². The molecule has 0 fully saturated rings. The Morgan fingerprint density at radius 3 is 1.67 bits per heavy atom. The maximum absolute atomic E-state index is 6.17. The van der Waals surface area contributed by atoms with Gasteiger partial charge in [0.25, 0.3) is 0 Å². The maximum Gasteiger partial charge on any atom is 0.136 e. The molecule has 2 aromatic heterocycles. The minimum Gasteiger partial charge on any atom is -0.456 e. The first-order chi connectivity index (χ1) is 27.2. The summed E-state index contributed by atoms with van der Waals surface area (Å²) in [6.07, 6.45) is 0. The number of anilines is 3. The highest BCUT2D eigenvalue weighted by atomic mass is 32.1. The van der Waals surface area contributed by atoms with E-state index in [1.165, 1.54) is 69.7 Å². The van der Waals surface area contributed by atoms with Crippen molar-refractivity contribution in [3.8, 4) is 33.4 Å². The van der Waals surface area contributed by atoms with Crippen molar-refractivity contribution in [2.45, 2.75) is 0 Å². The number of para-hydroxylation sites is 1. The highest BCUT2D eigenvalue weighted by Crippen LogP contribution is 2.42. The van der Waals surface area contributed by atoms with Gasteiger partial charge in [0.05, 0.1) is 0 Å². The molecule has 0 aliphatic rings. The minimum absolute atomic E-state index is 0.923. The molecule has 0 atom stereocenters. The fraction of sp³-hybridized carbons (Fsp3) is 0. The summed E-state index contributed by atoms with van der Waals surface area (Å²) in [6, 6.07) is 72.2.